The Bertz CT molecular complexity index is 638. The number of hydrogen-bond donors (Lipinski definition) is 3. The Morgan fingerprint density at radius 3 is 2.33 bits per heavy atom. The van der Waals surface area contributed by atoms with Crippen molar-refractivity contribution in [2.45, 2.75) is 37.9 Å². The van der Waals surface area contributed by atoms with Crippen LogP contribution >= 0.6 is 0 Å². The van der Waals surface area contributed by atoms with Gasteiger partial charge >= 0.3 is 0 Å². The van der Waals surface area contributed by atoms with E-state index in [1.807, 2.05) is 0 Å². The molecule has 0 saturated heterocycles. The number of nitrogens with one attached hydrogen (secondary N) is 3. The van der Waals surface area contributed by atoms with Gasteiger partial charge in [0.15, 0.2) is 0 Å². The molecule has 1 heterocycles. The molecule has 0 aromatic heterocycles. The van der Waals surface area contributed by atoms with Crippen molar-refractivity contribution in [1.82, 2.24) is 5.32 Å². The van der Waals surface area contributed by atoms with Gasteiger partial charge in [0.2, 0.25) is 0 Å². The summed E-state index contributed by atoms with van der Waals surface area (Å²) >= 11 is 0. The Balaban J connectivity index is 1.88. The molecule has 3 heteroatoms. The van der Waals surface area contributed by atoms with Crippen molar-refractivity contribution in [3.05, 3.63) is 36.4 Å². The maximum absolute atomic E-state index is 3.85. The van der Waals surface area contributed by atoms with Crippen LogP contribution in [-0.4, -0.2) is 18.8 Å². The van der Waals surface area contributed by atoms with Crippen LogP contribution in [0.25, 0.3) is 10.8 Å². The first-order valence-electron chi connectivity index (χ1n) is 8.00. The van der Waals surface area contributed by atoms with Crippen molar-refractivity contribution >= 4 is 22.1 Å². The van der Waals surface area contributed by atoms with Crippen LogP contribution in [0.4, 0.5) is 11.4 Å². The second kappa shape index (κ2) is 4.63. The van der Waals surface area contributed by atoms with E-state index in [1.54, 1.807) is 0 Å². The summed E-state index contributed by atoms with van der Waals surface area (Å²) in [6.07, 6.45) is 3.76. The second-order valence-corrected chi connectivity index (χ2v) is 6.50. The number of likely N-dealkylation sites (N-methyl/N-ethyl adjacent to an activating group) is 1. The summed E-state index contributed by atoms with van der Waals surface area (Å²) in [5, 5.41) is 13.9. The van der Waals surface area contributed by atoms with Gasteiger partial charge < -0.3 is 16.0 Å². The quantitative estimate of drug-likeness (QED) is 0.744. The van der Waals surface area contributed by atoms with Crippen LogP contribution in [0.15, 0.2) is 36.4 Å². The summed E-state index contributed by atoms with van der Waals surface area (Å²) in [6.45, 7) is 2.36. The third kappa shape index (κ3) is 1.77. The molecule has 1 saturated carbocycles. The van der Waals surface area contributed by atoms with Crippen LogP contribution in [0, 0.1) is 5.92 Å². The van der Waals surface area contributed by atoms with Crippen molar-refractivity contribution < 1.29 is 0 Å². The lowest BCUT2D eigenvalue weighted by Crippen LogP contribution is -2.66. The lowest BCUT2D eigenvalue weighted by atomic mass is 9.74. The van der Waals surface area contributed by atoms with E-state index in [9.17, 15) is 0 Å². The predicted molar refractivity (Wildman–Crippen MR) is 89.8 cm³/mol. The highest BCUT2D eigenvalue weighted by Crippen LogP contribution is 2.44. The Morgan fingerprint density at radius 2 is 1.71 bits per heavy atom. The molecule has 1 aliphatic heterocycles. The first kappa shape index (κ1) is 13.0. The van der Waals surface area contributed by atoms with Crippen molar-refractivity contribution in [3.8, 4) is 0 Å². The lowest BCUT2D eigenvalue weighted by molar-refractivity contribution is 0.199. The van der Waals surface area contributed by atoms with Gasteiger partial charge in [-0.2, -0.15) is 0 Å². The summed E-state index contributed by atoms with van der Waals surface area (Å²) in [5.41, 5.74) is 2.43. The van der Waals surface area contributed by atoms with Gasteiger partial charge in [-0.3, -0.25) is 0 Å². The predicted octanol–water partition coefficient (Wildman–Crippen LogP) is 3.78. The molecule has 2 atom stereocenters. The summed E-state index contributed by atoms with van der Waals surface area (Å²) in [5.74, 6) is 0.576. The molecule has 2 aromatic carbocycles. The van der Waals surface area contributed by atoms with Crippen molar-refractivity contribution in [3.63, 3.8) is 0 Å². The molecule has 21 heavy (non-hydrogen) atoms. The molecule has 1 aliphatic carbocycles. The highest BCUT2D eigenvalue weighted by molar-refractivity contribution is 6.05. The highest BCUT2D eigenvalue weighted by Gasteiger charge is 2.47. The average Bonchev–Trinajstić information content (AvgIpc) is 2.51. The normalized spacial score (nSPS) is 26.4. The van der Waals surface area contributed by atoms with Gasteiger partial charge in [-0.15, -0.1) is 0 Å². The van der Waals surface area contributed by atoms with E-state index in [4.69, 9.17) is 0 Å². The third-order valence-corrected chi connectivity index (χ3v) is 5.39. The monoisotopic (exact) mass is 281 g/mol. The first-order chi connectivity index (χ1) is 10.2. The van der Waals surface area contributed by atoms with Crippen LogP contribution in [0.2, 0.25) is 0 Å². The van der Waals surface area contributed by atoms with E-state index in [0.717, 1.165) is 0 Å². The van der Waals surface area contributed by atoms with Crippen LogP contribution in [0.3, 0.4) is 0 Å². The summed E-state index contributed by atoms with van der Waals surface area (Å²) in [7, 11) is 2.08. The van der Waals surface area contributed by atoms with E-state index in [2.05, 4.69) is 66.3 Å². The second-order valence-electron chi connectivity index (χ2n) is 6.50. The first-order valence-corrected chi connectivity index (χ1v) is 8.00. The number of benzene rings is 2. The van der Waals surface area contributed by atoms with E-state index in [0.29, 0.717) is 12.0 Å². The Hall–Kier alpha value is -1.74. The minimum absolute atomic E-state index is 0.0877. The van der Waals surface area contributed by atoms with Crippen molar-refractivity contribution in [2.24, 2.45) is 5.92 Å². The Kier molecular flexibility index (Phi) is 2.86. The van der Waals surface area contributed by atoms with Gasteiger partial charge in [-0.05, 0) is 43.3 Å². The molecule has 0 radical (unpaired) electrons. The zero-order valence-electron chi connectivity index (χ0n) is 12.7. The molecular weight excluding hydrogens is 258 g/mol. The van der Waals surface area contributed by atoms with Gasteiger partial charge in [0.1, 0.15) is 5.66 Å². The molecule has 2 unspecified atom stereocenters. The largest absolute Gasteiger partial charge is 0.361 e. The smallest absolute Gasteiger partial charge is 0.126 e. The third-order valence-electron chi connectivity index (χ3n) is 5.39. The van der Waals surface area contributed by atoms with Gasteiger partial charge in [0.25, 0.3) is 0 Å². The SMILES string of the molecule is CNC1CCCC(C)C12Nc1cccc3cccc(c13)N2. The highest BCUT2D eigenvalue weighted by atomic mass is 15.3. The lowest BCUT2D eigenvalue weighted by Gasteiger charge is -2.52. The van der Waals surface area contributed by atoms with Gasteiger partial charge in [-0.25, -0.2) is 0 Å². The van der Waals surface area contributed by atoms with E-state index >= 15 is 0 Å². The maximum atomic E-state index is 3.85. The molecule has 0 amide bonds. The average molecular weight is 281 g/mol. The molecule has 3 N–H and O–H groups in total. The van der Waals surface area contributed by atoms with Crippen LogP contribution in [-0.2, 0) is 0 Å². The summed E-state index contributed by atoms with van der Waals surface area (Å²) < 4.78 is 0. The van der Waals surface area contributed by atoms with Crippen LogP contribution < -0.4 is 16.0 Å². The molecule has 1 fully saturated rings. The van der Waals surface area contributed by atoms with Crippen molar-refractivity contribution in [1.29, 1.82) is 0 Å². The Morgan fingerprint density at radius 1 is 1.05 bits per heavy atom. The fourth-order valence-electron chi connectivity index (χ4n) is 4.25. The summed E-state index contributed by atoms with van der Waals surface area (Å²) in [6, 6.07) is 13.5. The van der Waals surface area contributed by atoms with E-state index in [1.165, 1.54) is 41.4 Å². The molecular formula is C18H23N3. The fraction of sp³-hybridized carbons (Fsp3) is 0.444. The molecule has 0 bridgehead atoms. The van der Waals surface area contributed by atoms with Crippen LogP contribution in [0.5, 0.6) is 0 Å². The van der Waals surface area contributed by atoms with E-state index < -0.39 is 0 Å². The molecule has 2 aliphatic rings. The number of hydrogen-bond acceptors (Lipinski definition) is 3. The summed E-state index contributed by atoms with van der Waals surface area (Å²) in [4.78, 5) is 0. The minimum atomic E-state index is -0.0877. The van der Waals surface area contributed by atoms with Gasteiger partial charge in [0.05, 0.1) is 0 Å². The number of rotatable bonds is 1. The Labute approximate surface area is 126 Å². The molecule has 110 valence electrons. The molecule has 2 aromatic rings. The topological polar surface area (TPSA) is 36.1 Å². The van der Waals surface area contributed by atoms with Gasteiger partial charge in [0, 0.05) is 22.8 Å². The number of anilines is 2. The molecule has 1 spiro atoms. The molecule has 3 nitrogen and oxygen atoms in total. The minimum Gasteiger partial charge on any atom is -0.361 e. The van der Waals surface area contributed by atoms with Crippen LogP contribution in [0.1, 0.15) is 26.2 Å². The van der Waals surface area contributed by atoms with E-state index in [-0.39, 0.29) is 5.66 Å². The fourth-order valence-corrected chi connectivity index (χ4v) is 4.25. The zero-order valence-corrected chi connectivity index (χ0v) is 12.7. The standard InChI is InChI=1S/C18H23N3/c1-12-6-3-11-16(19-2)18(12)20-14-9-4-7-13-8-5-10-15(21-18)17(13)14/h4-5,7-10,12,16,19-21H,3,6,11H2,1-2H3. The zero-order chi connectivity index (χ0) is 14.4. The van der Waals surface area contributed by atoms with Gasteiger partial charge in [-0.1, -0.05) is 37.6 Å². The molecule has 4 rings (SSSR count). The maximum Gasteiger partial charge on any atom is 0.126 e. The van der Waals surface area contributed by atoms with Crippen molar-refractivity contribution in [2.75, 3.05) is 17.7 Å².